The molecule has 0 aliphatic heterocycles. The second kappa shape index (κ2) is 8.28. The molecular formula is C18H22N6O2. The molecule has 3 aromatic rings. The molecule has 0 spiro atoms. The number of nitrogens with two attached hydrogens (primary N) is 1. The summed E-state index contributed by atoms with van der Waals surface area (Å²) in [6.45, 7) is 2.94. The molecule has 0 saturated carbocycles. The van der Waals surface area contributed by atoms with E-state index in [9.17, 15) is 4.79 Å². The average Bonchev–Trinajstić information content (AvgIpc) is 3.12. The minimum Gasteiger partial charge on any atom is -0.471 e. The molecule has 0 radical (unpaired) electrons. The van der Waals surface area contributed by atoms with E-state index in [4.69, 9.17) is 10.5 Å². The average molecular weight is 354 g/mol. The summed E-state index contributed by atoms with van der Waals surface area (Å²) in [6, 6.07) is 7.86. The van der Waals surface area contributed by atoms with Gasteiger partial charge in [-0.3, -0.25) is 4.79 Å². The van der Waals surface area contributed by atoms with Crippen molar-refractivity contribution in [3.63, 3.8) is 0 Å². The van der Waals surface area contributed by atoms with Crippen molar-refractivity contribution in [2.24, 2.45) is 0 Å². The highest BCUT2D eigenvalue weighted by Gasteiger charge is 2.10. The van der Waals surface area contributed by atoms with Gasteiger partial charge in [-0.25, -0.2) is 4.98 Å². The number of nitrogen functional groups attached to an aromatic ring is 1. The van der Waals surface area contributed by atoms with Crippen LogP contribution in [0.1, 0.15) is 37.3 Å². The van der Waals surface area contributed by atoms with Crippen molar-refractivity contribution in [3.05, 3.63) is 41.7 Å². The maximum Gasteiger partial charge on any atom is 0.245 e. The van der Waals surface area contributed by atoms with Gasteiger partial charge in [0.25, 0.3) is 0 Å². The summed E-state index contributed by atoms with van der Waals surface area (Å²) < 4.78 is 5.75. The predicted molar refractivity (Wildman–Crippen MR) is 98.2 cm³/mol. The number of carbonyl (C=O) groups excluding carboxylic acids is 1. The van der Waals surface area contributed by atoms with Crippen LogP contribution in [0.15, 0.2) is 30.6 Å². The summed E-state index contributed by atoms with van der Waals surface area (Å²) in [5.41, 5.74) is 8.79. The van der Waals surface area contributed by atoms with Crippen LogP contribution in [0.5, 0.6) is 5.88 Å². The van der Waals surface area contributed by atoms with E-state index >= 15 is 0 Å². The maximum absolute atomic E-state index is 11.7. The number of unbranched alkanes of at least 4 members (excludes halogenated alkanes) is 1. The van der Waals surface area contributed by atoms with Crippen LogP contribution in [0, 0.1) is 0 Å². The Morgan fingerprint density at radius 2 is 2.00 bits per heavy atom. The zero-order valence-corrected chi connectivity index (χ0v) is 14.7. The van der Waals surface area contributed by atoms with Crippen LogP contribution < -0.4 is 15.8 Å². The molecule has 8 nitrogen and oxygen atoms in total. The molecule has 4 N–H and O–H groups in total. The first-order valence-electron chi connectivity index (χ1n) is 8.59. The Bertz CT molecular complexity index is 875. The van der Waals surface area contributed by atoms with E-state index in [1.54, 1.807) is 0 Å². The molecule has 3 rings (SSSR count). The number of nitrogens with zero attached hydrogens (tertiary/aromatic N) is 3. The number of imidazole rings is 1. The molecule has 136 valence electrons. The number of H-pyrrole nitrogens is 1. The molecule has 1 aromatic carbocycles. The fraction of sp³-hybridized carbons (Fsp3) is 0.333. The third-order valence-electron chi connectivity index (χ3n) is 3.92. The first kappa shape index (κ1) is 17.7. The number of anilines is 1. The van der Waals surface area contributed by atoms with Crippen molar-refractivity contribution in [2.45, 2.75) is 39.3 Å². The summed E-state index contributed by atoms with van der Waals surface area (Å²) in [4.78, 5) is 26.8. The Hall–Kier alpha value is -3.16. The second-order valence-electron chi connectivity index (χ2n) is 5.97. The zero-order chi connectivity index (χ0) is 18.4. The molecule has 0 atom stereocenters. The van der Waals surface area contributed by atoms with Gasteiger partial charge in [0.05, 0.1) is 6.33 Å². The first-order valence-corrected chi connectivity index (χ1v) is 8.59. The van der Waals surface area contributed by atoms with E-state index in [0.717, 1.165) is 24.0 Å². The number of carbonyl (C=O) groups is 1. The number of aromatic nitrogens is 4. The first-order chi connectivity index (χ1) is 12.7. The predicted octanol–water partition coefficient (Wildman–Crippen LogP) is 2.32. The van der Waals surface area contributed by atoms with Gasteiger partial charge in [0, 0.05) is 13.0 Å². The van der Waals surface area contributed by atoms with Crippen molar-refractivity contribution >= 4 is 23.0 Å². The highest BCUT2D eigenvalue weighted by Crippen LogP contribution is 2.20. The van der Waals surface area contributed by atoms with Gasteiger partial charge >= 0.3 is 0 Å². The zero-order valence-electron chi connectivity index (χ0n) is 14.7. The molecule has 0 aliphatic carbocycles. The Morgan fingerprint density at radius 3 is 2.77 bits per heavy atom. The van der Waals surface area contributed by atoms with Crippen molar-refractivity contribution < 1.29 is 9.53 Å². The summed E-state index contributed by atoms with van der Waals surface area (Å²) in [5.74, 6) is 0.579. The quantitative estimate of drug-likeness (QED) is 0.571. The Kier molecular flexibility index (Phi) is 5.62. The summed E-state index contributed by atoms with van der Waals surface area (Å²) in [5, 5.41) is 2.92. The van der Waals surface area contributed by atoms with Crippen LogP contribution in [0.2, 0.25) is 0 Å². The fourth-order valence-corrected chi connectivity index (χ4v) is 2.46. The number of benzene rings is 1. The van der Waals surface area contributed by atoms with E-state index in [1.165, 1.54) is 6.33 Å². The van der Waals surface area contributed by atoms with Crippen molar-refractivity contribution in [1.29, 1.82) is 0 Å². The van der Waals surface area contributed by atoms with Crippen molar-refractivity contribution in [2.75, 3.05) is 5.73 Å². The van der Waals surface area contributed by atoms with Crippen LogP contribution in [-0.2, 0) is 17.9 Å². The van der Waals surface area contributed by atoms with Crippen LogP contribution in [0.3, 0.4) is 0 Å². The summed E-state index contributed by atoms with van der Waals surface area (Å²) >= 11 is 0. The molecule has 8 heteroatoms. The van der Waals surface area contributed by atoms with Crippen LogP contribution >= 0.6 is 0 Å². The van der Waals surface area contributed by atoms with E-state index in [1.807, 2.05) is 24.3 Å². The highest BCUT2D eigenvalue weighted by molar-refractivity contribution is 5.76. The van der Waals surface area contributed by atoms with Crippen molar-refractivity contribution in [1.82, 2.24) is 25.3 Å². The molecule has 0 unspecified atom stereocenters. The minimum absolute atomic E-state index is 0.0872. The molecule has 0 fully saturated rings. The van der Waals surface area contributed by atoms with Crippen LogP contribution in [-0.4, -0.2) is 25.8 Å². The van der Waals surface area contributed by atoms with E-state index in [-0.39, 0.29) is 11.9 Å². The van der Waals surface area contributed by atoms with Gasteiger partial charge in [-0.1, -0.05) is 37.6 Å². The smallest absolute Gasteiger partial charge is 0.245 e. The third kappa shape index (κ3) is 4.47. The van der Waals surface area contributed by atoms with Gasteiger partial charge in [0.2, 0.25) is 17.7 Å². The number of hydrogen-bond donors (Lipinski definition) is 3. The lowest BCUT2D eigenvalue weighted by atomic mass is 10.1. The number of rotatable bonds is 8. The molecule has 2 aromatic heterocycles. The molecule has 1 amide bonds. The van der Waals surface area contributed by atoms with Gasteiger partial charge in [0.15, 0.2) is 5.65 Å². The number of aromatic amines is 1. The van der Waals surface area contributed by atoms with Crippen molar-refractivity contribution in [3.8, 4) is 5.88 Å². The SMILES string of the molecule is CCCCC(=O)NCc1ccc(COc2nc(N)nc3nc[nH]c23)cc1. The third-order valence-corrected chi connectivity index (χ3v) is 3.92. The van der Waals surface area contributed by atoms with Crippen LogP contribution in [0.4, 0.5) is 5.95 Å². The Morgan fingerprint density at radius 1 is 1.23 bits per heavy atom. The molecule has 2 heterocycles. The monoisotopic (exact) mass is 354 g/mol. The van der Waals surface area contributed by atoms with Gasteiger partial charge in [-0.15, -0.1) is 0 Å². The molecule has 26 heavy (non-hydrogen) atoms. The number of fused-ring (bicyclic) bond motifs is 1. The second-order valence-corrected chi connectivity index (χ2v) is 5.97. The highest BCUT2D eigenvalue weighted by atomic mass is 16.5. The van der Waals surface area contributed by atoms with E-state index in [2.05, 4.69) is 32.2 Å². The molecular weight excluding hydrogens is 332 g/mol. The summed E-state index contributed by atoms with van der Waals surface area (Å²) in [6.07, 6.45) is 4.03. The molecule has 0 aliphatic rings. The van der Waals surface area contributed by atoms with Gasteiger partial charge < -0.3 is 20.8 Å². The number of hydrogen-bond acceptors (Lipinski definition) is 6. The largest absolute Gasteiger partial charge is 0.471 e. The topological polar surface area (TPSA) is 119 Å². The summed E-state index contributed by atoms with van der Waals surface area (Å²) in [7, 11) is 0. The van der Waals surface area contributed by atoms with E-state index in [0.29, 0.717) is 36.6 Å². The standard InChI is InChI=1S/C18H22N6O2/c1-2-3-4-14(25)20-9-12-5-7-13(8-6-12)10-26-17-15-16(22-11-21-15)23-18(19)24-17/h5-8,11H,2-4,9-10H2,1H3,(H,20,25)(H3,19,21,22,23,24). The number of amides is 1. The Balaban J connectivity index is 1.56. The van der Waals surface area contributed by atoms with Gasteiger partial charge in [-0.05, 0) is 17.5 Å². The minimum atomic E-state index is 0.0872. The number of nitrogens with one attached hydrogen (secondary N) is 2. The van der Waals surface area contributed by atoms with Gasteiger partial charge in [-0.2, -0.15) is 9.97 Å². The van der Waals surface area contributed by atoms with Gasteiger partial charge in [0.1, 0.15) is 12.1 Å². The molecule has 0 saturated heterocycles. The van der Waals surface area contributed by atoms with Crippen LogP contribution in [0.25, 0.3) is 11.2 Å². The molecule has 0 bridgehead atoms. The lowest BCUT2D eigenvalue weighted by molar-refractivity contribution is -0.121. The lowest BCUT2D eigenvalue weighted by Crippen LogP contribution is -2.22. The number of ether oxygens (including phenoxy) is 1. The maximum atomic E-state index is 11.7. The lowest BCUT2D eigenvalue weighted by Gasteiger charge is -2.08. The normalized spacial score (nSPS) is 10.8. The van der Waals surface area contributed by atoms with E-state index < -0.39 is 0 Å². The fourth-order valence-electron chi connectivity index (χ4n) is 2.46. The Labute approximate surface area is 151 Å².